The second kappa shape index (κ2) is 9.11. The van der Waals surface area contributed by atoms with Gasteiger partial charge in [-0.25, -0.2) is 13.4 Å². The molecule has 9 heteroatoms. The van der Waals surface area contributed by atoms with Crippen LogP contribution in [0.4, 0.5) is 5.69 Å². The zero-order valence-electron chi connectivity index (χ0n) is 15.8. The average molecular weight is 433 g/mol. The standard InChI is InChI=1S/C20H21ClN4O3S/c1-15-13-25(14-23-15)12-4-11-22-20(26)18-5-2-3-6-19(18)24-29(27,28)17-9-7-16(21)8-10-17/h2-3,5-10,13-14,24H,4,11-12H2,1H3,(H,22,26). The molecule has 0 atom stereocenters. The molecule has 0 saturated carbocycles. The van der Waals surface area contributed by atoms with Gasteiger partial charge in [0.15, 0.2) is 0 Å². The van der Waals surface area contributed by atoms with Crippen molar-refractivity contribution in [1.29, 1.82) is 0 Å². The maximum absolute atomic E-state index is 12.6. The monoisotopic (exact) mass is 432 g/mol. The number of carbonyl (C=O) groups excluding carboxylic acids is 1. The van der Waals surface area contributed by atoms with Gasteiger partial charge in [0.25, 0.3) is 15.9 Å². The minimum atomic E-state index is -3.84. The largest absolute Gasteiger partial charge is 0.352 e. The fourth-order valence-electron chi connectivity index (χ4n) is 2.74. The Morgan fingerprint density at radius 2 is 1.86 bits per heavy atom. The van der Waals surface area contributed by atoms with E-state index in [9.17, 15) is 13.2 Å². The van der Waals surface area contributed by atoms with E-state index in [2.05, 4.69) is 15.0 Å². The highest BCUT2D eigenvalue weighted by atomic mass is 35.5. The summed E-state index contributed by atoms with van der Waals surface area (Å²) < 4.78 is 29.7. The van der Waals surface area contributed by atoms with Crippen LogP contribution in [0.15, 0.2) is 66.0 Å². The number of hydrogen-bond donors (Lipinski definition) is 2. The first kappa shape index (κ1) is 20.9. The Bertz CT molecular complexity index is 1090. The molecular formula is C20H21ClN4O3S. The number of anilines is 1. The highest BCUT2D eigenvalue weighted by Crippen LogP contribution is 2.21. The van der Waals surface area contributed by atoms with Crippen molar-refractivity contribution in [3.8, 4) is 0 Å². The number of para-hydroxylation sites is 1. The van der Waals surface area contributed by atoms with Crippen molar-refractivity contribution < 1.29 is 13.2 Å². The Balaban J connectivity index is 1.64. The number of benzene rings is 2. The fourth-order valence-corrected chi connectivity index (χ4v) is 3.95. The van der Waals surface area contributed by atoms with E-state index in [-0.39, 0.29) is 22.1 Å². The minimum Gasteiger partial charge on any atom is -0.352 e. The lowest BCUT2D eigenvalue weighted by molar-refractivity contribution is 0.0953. The Morgan fingerprint density at radius 3 is 2.55 bits per heavy atom. The van der Waals surface area contributed by atoms with E-state index in [0.717, 1.165) is 18.7 Å². The van der Waals surface area contributed by atoms with Crippen LogP contribution in [-0.2, 0) is 16.6 Å². The van der Waals surface area contributed by atoms with Crippen LogP contribution in [-0.4, -0.2) is 30.4 Å². The third-order valence-corrected chi connectivity index (χ3v) is 5.81. The second-order valence-corrected chi connectivity index (χ2v) is 8.59. The lowest BCUT2D eigenvalue weighted by Crippen LogP contribution is -2.26. The van der Waals surface area contributed by atoms with Gasteiger partial charge in [-0.3, -0.25) is 9.52 Å². The minimum absolute atomic E-state index is 0.0627. The summed E-state index contributed by atoms with van der Waals surface area (Å²) >= 11 is 5.82. The molecule has 3 aromatic rings. The lowest BCUT2D eigenvalue weighted by Gasteiger charge is -2.13. The molecule has 2 N–H and O–H groups in total. The number of carbonyl (C=O) groups is 1. The van der Waals surface area contributed by atoms with Crippen molar-refractivity contribution in [2.75, 3.05) is 11.3 Å². The number of aromatic nitrogens is 2. The smallest absolute Gasteiger partial charge is 0.261 e. The van der Waals surface area contributed by atoms with Crippen LogP contribution < -0.4 is 10.0 Å². The Labute approximate surface area is 174 Å². The molecule has 152 valence electrons. The number of aryl methyl sites for hydroxylation is 2. The van der Waals surface area contributed by atoms with Crippen LogP contribution >= 0.6 is 11.6 Å². The summed E-state index contributed by atoms with van der Waals surface area (Å²) in [6, 6.07) is 12.3. The van der Waals surface area contributed by atoms with Crippen molar-refractivity contribution in [3.63, 3.8) is 0 Å². The maximum atomic E-state index is 12.6. The first-order valence-corrected chi connectivity index (χ1v) is 10.9. The van der Waals surface area contributed by atoms with Crippen LogP contribution in [0.5, 0.6) is 0 Å². The second-order valence-electron chi connectivity index (χ2n) is 6.47. The summed E-state index contributed by atoms with van der Waals surface area (Å²) in [6.45, 7) is 3.10. The summed E-state index contributed by atoms with van der Waals surface area (Å²) in [6.07, 6.45) is 4.40. The average Bonchev–Trinajstić information content (AvgIpc) is 3.10. The summed E-state index contributed by atoms with van der Waals surface area (Å²) in [5.74, 6) is -0.346. The van der Waals surface area contributed by atoms with Crippen molar-refractivity contribution in [2.45, 2.75) is 24.8 Å². The van der Waals surface area contributed by atoms with Gasteiger partial charge in [-0.2, -0.15) is 0 Å². The van der Waals surface area contributed by atoms with Gasteiger partial charge in [0, 0.05) is 24.3 Å². The predicted molar refractivity (Wildman–Crippen MR) is 113 cm³/mol. The summed E-state index contributed by atoms with van der Waals surface area (Å²) in [5, 5.41) is 3.26. The van der Waals surface area contributed by atoms with E-state index in [4.69, 9.17) is 11.6 Å². The van der Waals surface area contributed by atoms with E-state index < -0.39 is 10.0 Å². The van der Waals surface area contributed by atoms with Gasteiger partial charge in [-0.1, -0.05) is 23.7 Å². The van der Waals surface area contributed by atoms with Crippen molar-refractivity contribution in [3.05, 3.63) is 77.3 Å². The summed E-state index contributed by atoms with van der Waals surface area (Å²) in [5.41, 5.74) is 1.41. The van der Waals surface area contributed by atoms with E-state index >= 15 is 0 Å². The quantitative estimate of drug-likeness (QED) is 0.533. The van der Waals surface area contributed by atoms with E-state index in [0.29, 0.717) is 11.6 Å². The van der Waals surface area contributed by atoms with E-state index in [1.165, 1.54) is 24.3 Å². The zero-order chi connectivity index (χ0) is 20.9. The molecule has 0 aliphatic rings. The Morgan fingerprint density at radius 1 is 1.14 bits per heavy atom. The molecule has 1 amide bonds. The molecule has 29 heavy (non-hydrogen) atoms. The van der Waals surface area contributed by atoms with Crippen LogP contribution in [0.2, 0.25) is 5.02 Å². The number of sulfonamides is 1. The molecular weight excluding hydrogens is 412 g/mol. The highest BCUT2D eigenvalue weighted by molar-refractivity contribution is 7.92. The van der Waals surface area contributed by atoms with Gasteiger partial charge in [-0.05, 0) is 49.7 Å². The first-order valence-electron chi connectivity index (χ1n) is 8.99. The molecule has 2 aromatic carbocycles. The highest BCUT2D eigenvalue weighted by Gasteiger charge is 2.18. The van der Waals surface area contributed by atoms with Gasteiger partial charge in [-0.15, -0.1) is 0 Å². The number of nitrogens with zero attached hydrogens (tertiary/aromatic N) is 2. The molecule has 3 rings (SSSR count). The topological polar surface area (TPSA) is 93.1 Å². The third kappa shape index (κ3) is 5.58. The maximum Gasteiger partial charge on any atom is 0.261 e. The number of halogens is 1. The molecule has 1 aromatic heterocycles. The van der Waals surface area contributed by atoms with E-state index in [1.54, 1.807) is 30.6 Å². The molecule has 0 aliphatic carbocycles. The third-order valence-electron chi connectivity index (χ3n) is 4.18. The van der Waals surface area contributed by atoms with Crippen molar-refractivity contribution in [1.82, 2.24) is 14.9 Å². The lowest BCUT2D eigenvalue weighted by atomic mass is 10.1. The van der Waals surface area contributed by atoms with Crippen LogP contribution in [0.25, 0.3) is 0 Å². The summed E-state index contributed by atoms with van der Waals surface area (Å²) in [4.78, 5) is 16.8. The van der Waals surface area contributed by atoms with Gasteiger partial charge >= 0.3 is 0 Å². The van der Waals surface area contributed by atoms with Gasteiger partial charge in [0.05, 0.1) is 28.2 Å². The molecule has 0 aliphatic heterocycles. The fraction of sp³-hybridized carbons (Fsp3) is 0.200. The molecule has 7 nitrogen and oxygen atoms in total. The van der Waals surface area contributed by atoms with Crippen LogP contribution in [0, 0.1) is 6.92 Å². The molecule has 0 fully saturated rings. The van der Waals surface area contributed by atoms with Gasteiger partial charge in [0.1, 0.15) is 0 Å². The molecule has 0 bridgehead atoms. The van der Waals surface area contributed by atoms with Crippen molar-refractivity contribution >= 4 is 33.2 Å². The normalized spacial score (nSPS) is 11.2. The van der Waals surface area contributed by atoms with Gasteiger partial charge in [0.2, 0.25) is 0 Å². The molecule has 0 spiro atoms. The number of rotatable bonds is 8. The molecule has 0 unspecified atom stereocenters. The van der Waals surface area contributed by atoms with Crippen LogP contribution in [0.1, 0.15) is 22.5 Å². The number of amides is 1. The summed E-state index contributed by atoms with van der Waals surface area (Å²) in [7, 11) is -3.84. The van der Waals surface area contributed by atoms with E-state index in [1.807, 2.05) is 17.7 Å². The Kier molecular flexibility index (Phi) is 6.56. The number of imidazole rings is 1. The SMILES string of the molecule is Cc1cn(CCCNC(=O)c2ccccc2NS(=O)(=O)c2ccc(Cl)cc2)cn1. The first-order chi connectivity index (χ1) is 13.8. The van der Waals surface area contributed by atoms with Gasteiger partial charge < -0.3 is 9.88 Å². The Hall–Kier alpha value is -2.84. The molecule has 0 radical (unpaired) electrons. The number of hydrogen-bond acceptors (Lipinski definition) is 4. The van der Waals surface area contributed by atoms with Crippen LogP contribution in [0.3, 0.4) is 0 Å². The molecule has 1 heterocycles. The predicted octanol–water partition coefficient (Wildman–Crippen LogP) is 3.47. The number of nitrogens with one attached hydrogen (secondary N) is 2. The van der Waals surface area contributed by atoms with Crippen molar-refractivity contribution in [2.24, 2.45) is 0 Å². The molecule has 0 saturated heterocycles. The zero-order valence-corrected chi connectivity index (χ0v) is 17.4.